The van der Waals surface area contributed by atoms with E-state index in [0.717, 1.165) is 6.08 Å². The van der Waals surface area contributed by atoms with Crippen LogP contribution in [0.2, 0.25) is 0 Å². The van der Waals surface area contributed by atoms with E-state index < -0.39 is 17.8 Å². The summed E-state index contributed by atoms with van der Waals surface area (Å²) in [6.07, 6.45) is 2.09. The van der Waals surface area contributed by atoms with E-state index >= 15 is 0 Å². The number of carbonyl (C=O) groups excluding carboxylic acids is 3. The maximum Gasteiger partial charge on any atom is 1.00 e. The van der Waals surface area contributed by atoms with Crippen LogP contribution < -0.4 is 74.6 Å². The number of quaternary nitrogens is 1. The molecule has 1 amide bonds. The molecule has 0 aliphatic heterocycles. The van der Waals surface area contributed by atoms with Crippen LogP contribution in [0.1, 0.15) is 6.42 Å². The molecule has 0 aliphatic rings. The van der Waals surface area contributed by atoms with Crippen molar-refractivity contribution in [3.05, 3.63) is 12.2 Å². The Kier molecular flexibility index (Phi) is 16.1. The fourth-order valence-corrected chi connectivity index (χ4v) is 1.35. The van der Waals surface area contributed by atoms with Gasteiger partial charge in [0.05, 0.1) is 32.6 Å². The van der Waals surface area contributed by atoms with Crippen LogP contribution in [0.3, 0.4) is 0 Å². The second kappa shape index (κ2) is 12.8. The summed E-state index contributed by atoms with van der Waals surface area (Å²) in [5.74, 6) is -3.08. The van der Waals surface area contributed by atoms with Gasteiger partial charge in [-0.1, -0.05) is 0 Å². The van der Waals surface area contributed by atoms with Gasteiger partial charge in [0.2, 0.25) is 5.91 Å². The Morgan fingerprint density at radius 2 is 1.65 bits per heavy atom. The van der Waals surface area contributed by atoms with E-state index in [0.29, 0.717) is 25.6 Å². The number of likely N-dealkylation sites (N-methyl/N-ethyl adjacent to an activating group) is 1. The molecule has 0 spiro atoms. The van der Waals surface area contributed by atoms with Crippen molar-refractivity contribution in [2.75, 3.05) is 33.7 Å². The van der Waals surface area contributed by atoms with Crippen molar-refractivity contribution in [2.24, 2.45) is 0 Å². The Morgan fingerprint density at radius 1 is 1.10 bits per heavy atom. The third kappa shape index (κ3) is 16.2. The largest absolute Gasteiger partial charge is 1.00 e. The molecule has 0 saturated heterocycles. The monoisotopic (exact) mass is 303 g/mol. The summed E-state index contributed by atoms with van der Waals surface area (Å²) < 4.78 is 0.257. The Bertz CT molecular complexity index is 359. The maximum atomic E-state index is 11.1. The zero-order valence-corrected chi connectivity index (χ0v) is 16.5. The van der Waals surface area contributed by atoms with Crippen LogP contribution in [0.25, 0.3) is 0 Å². The molecule has 0 fully saturated rings. The van der Waals surface area contributed by atoms with Crippen molar-refractivity contribution >= 4 is 17.8 Å². The van der Waals surface area contributed by atoms with Crippen molar-refractivity contribution in [1.29, 1.82) is 0 Å². The second-order valence-electron chi connectivity index (χ2n) is 4.49. The van der Waals surface area contributed by atoms with Crippen LogP contribution in [0, 0.1) is 0 Å². The van der Waals surface area contributed by atoms with Crippen LogP contribution in [-0.4, -0.2) is 56.1 Å². The number of aliphatic carboxylic acids is 2. The Balaban J connectivity index is -0.00000144. The summed E-state index contributed by atoms with van der Waals surface area (Å²) in [5, 5.41) is 22.9. The number of hydrogen-bond acceptors (Lipinski definition) is 5. The smallest absolute Gasteiger partial charge is 0.545 e. The van der Waals surface area contributed by atoms with Crippen molar-refractivity contribution in [3.8, 4) is 0 Å². The first-order valence-corrected chi connectivity index (χ1v) is 5.42. The molecule has 0 aromatic rings. The molecule has 7 nitrogen and oxygen atoms in total. The molecule has 0 radical (unpaired) electrons. The van der Waals surface area contributed by atoms with Gasteiger partial charge >= 0.3 is 59.1 Å². The van der Waals surface area contributed by atoms with Gasteiger partial charge in [0.25, 0.3) is 0 Å². The molecule has 9 heteroatoms. The minimum atomic E-state index is -1.43. The van der Waals surface area contributed by atoms with E-state index in [9.17, 15) is 24.6 Å². The number of rotatable bonds is 8. The quantitative estimate of drug-likeness (QED) is 0.207. The summed E-state index contributed by atoms with van der Waals surface area (Å²) >= 11 is 0. The maximum absolute atomic E-state index is 11.1. The zero-order valence-electron chi connectivity index (χ0n) is 12.5. The van der Waals surface area contributed by atoms with Gasteiger partial charge in [-0.25, -0.2) is 0 Å². The molecule has 0 heterocycles. The summed E-state index contributed by atoms with van der Waals surface area (Å²) in [6, 6.07) is 0. The molecule has 0 rings (SSSR count). The van der Waals surface area contributed by atoms with Gasteiger partial charge in [-0.05, 0) is 6.08 Å². The molecule has 0 aliphatic carbocycles. The van der Waals surface area contributed by atoms with Crippen molar-refractivity contribution in [2.45, 2.75) is 6.42 Å². The summed E-state index contributed by atoms with van der Waals surface area (Å²) in [7, 11) is 3.49. The number of carboxylic acids is 2. The van der Waals surface area contributed by atoms with E-state index in [1.54, 1.807) is 14.1 Å². The third-order valence-electron chi connectivity index (χ3n) is 2.17. The molecular formula is C11H17N2Na2O5+. The standard InChI is InChI=1S/C11H18N2O5.2Na/c1-13(2,8-11(17)18)7-3-6-12-9(14)4-5-10(15)16;;/h4-5H,3,6-8H2,1-2H3,(H2-,12,14,15,16,17,18);;/q;2*+1/p-1/b5-4+;;. The van der Waals surface area contributed by atoms with Crippen LogP contribution >= 0.6 is 0 Å². The summed E-state index contributed by atoms with van der Waals surface area (Å²) in [4.78, 5) is 31.5. The minimum Gasteiger partial charge on any atom is -0.545 e. The normalized spacial score (nSPS) is 10.3. The number of nitrogens with zero attached hydrogens (tertiary/aromatic N) is 1. The van der Waals surface area contributed by atoms with E-state index in [1.807, 2.05) is 0 Å². The van der Waals surface area contributed by atoms with Crippen molar-refractivity contribution < 1.29 is 88.2 Å². The number of amides is 1. The molecule has 0 aromatic carbocycles. The average Bonchev–Trinajstić information content (AvgIpc) is 2.19. The van der Waals surface area contributed by atoms with Crippen LogP contribution in [-0.2, 0) is 14.4 Å². The average molecular weight is 303 g/mol. The number of hydrogen-bond donors (Lipinski definition) is 1. The van der Waals surface area contributed by atoms with Crippen molar-refractivity contribution in [1.82, 2.24) is 5.32 Å². The number of nitrogens with one attached hydrogen (secondary N) is 1. The SMILES string of the molecule is C[N+](C)(CCCNC(=O)/C=C/C(=O)[O-])CC(=O)[O-].[Na+].[Na+]. The van der Waals surface area contributed by atoms with Gasteiger partial charge in [0, 0.05) is 19.0 Å². The topological polar surface area (TPSA) is 109 Å². The molecule has 0 unspecified atom stereocenters. The Morgan fingerprint density at radius 3 is 2.10 bits per heavy atom. The minimum absolute atomic E-state index is 0. The molecular weight excluding hydrogens is 286 g/mol. The van der Waals surface area contributed by atoms with Gasteiger partial charge in [-0.2, -0.15) is 0 Å². The van der Waals surface area contributed by atoms with E-state index in [4.69, 9.17) is 0 Å². The van der Waals surface area contributed by atoms with Crippen LogP contribution in [0.5, 0.6) is 0 Å². The molecule has 0 atom stereocenters. The van der Waals surface area contributed by atoms with Gasteiger partial charge in [0.1, 0.15) is 6.54 Å². The van der Waals surface area contributed by atoms with Crippen LogP contribution in [0.4, 0.5) is 0 Å². The summed E-state index contributed by atoms with van der Waals surface area (Å²) in [5.41, 5.74) is 0. The molecule has 0 bridgehead atoms. The fourth-order valence-electron chi connectivity index (χ4n) is 1.35. The molecule has 1 N–H and O–H groups in total. The predicted molar refractivity (Wildman–Crippen MR) is 58.6 cm³/mol. The molecule has 0 saturated carbocycles. The Hall–Kier alpha value is 0.110. The number of carbonyl (C=O) groups is 3. The van der Waals surface area contributed by atoms with Gasteiger partial charge in [-0.15, -0.1) is 0 Å². The van der Waals surface area contributed by atoms with Gasteiger partial charge in [-0.3, -0.25) is 4.79 Å². The molecule has 0 aromatic heterocycles. The first-order chi connectivity index (χ1) is 8.23. The number of carboxylic acid groups (broad SMARTS) is 2. The summed E-state index contributed by atoms with van der Waals surface area (Å²) in [6.45, 7) is 0.794. The fraction of sp³-hybridized carbons (Fsp3) is 0.545. The Labute approximate surface area is 162 Å². The third-order valence-corrected chi connectivity index (χ3v) is 2.17. The van der Waals surface area contributed by atoms with E-state index in [1.165, 1.54) is 0 Å². The van der Waals surface area contributed by atoms with E-state index in [-0.39, 0.29) is 70.1 Å². The first-order valence-electron chi connectivity index (χ1n) is 5.42. The molecule has 102 valence electrons. The van der Waals surface area contributed by atoms with Gasteiger partial charge < -0.3 is 29.6 Å². The first kappa shape index (κ1) is 25.1. The van der Waals surface area contributed by atoms with Crippen LogP contribution in [0.15, 0.2) is 12.2 Å². The van der Waals surface area contributed by atoms with Crippen molar-refractivity contribution in [3.63, 3.8) is 0 Å². The second-order valence-corrected chi connectivity index (χ2v) is 4.49. The van der Waals surface area contributed by atoms with E-state index in [2.05, 4.69) is 5.32 Å². The molecule has 20 heavy (non-hydrogen) atoms. The van der Waals surface area contributed by atoms with Gasteiger partial charge in [0.15, 0.2) is 0 Å². The zero-order chi connectivity index (χ0) is 14.2. The predicted octanol–water partition coefficient (Wildman–Crippen LogP) is -9.37.